The minimum Gasteiger partial charge on any atom is -0.507 e. The maximum atomic E-state index is 13.1. The molecule has 1 saturated heterocycles. The molecule has 0 radical (unpaired) electrons. The van der Waals surface area contributed by atoms with Crippen molar-refractivity contribution in [1.82, 2.24) is 9.88 Å². The topological polar surface area (TPSA) is 79.7 Å². The molecule has 4 rings (SSSR count). The van der Waals surface area contributed by atoms with Gasteiger partial charge in [-0.1, -0.05) is 25.8 Å². The van der Waals surface area contributed by atoms with Gasteiger partial charge in [0.2, 0.25) is 0 Å². The van der Waals surface area contributed by atoms with Gasteiger partial charge in [-0.15, -0.1) is 11.3 Å². The van der Waals surface area contributed by atoms with Gasteiger partial charge in [-0.3, -0.25) is 14.6 Å². The van der Waals surface area contributed by atoms with Gasteiger partial charge >= 0.3 is 0 Å². The molecule has 1 amide bonds. The molecule has 170 valence electrons. The number of ether oxygens (including phenoxy) is 1. The van der Waals surface area contributed by atoms with Crippen molar-refractivity contribution < 1.29 is 19.4 Å². The number of nitrogens with zero attached hydrogens (tertiary/aromatic N) is 2. The number of Topliss-reactive ketones (excluding diaryl/α,β-unsaturated/α-hetero) is 1. The summed E-state index contributed by atoms with van der Waals surface area (Å²) in [7, 11) is 0. The highest BCUT2D eigenvalue weighted by Crippen LogP contribution is 2.40. The van der Waals surface area contributed by atoms with E-state index in [0.29, 0.717) is 17.9 Å². The minimum absolute atomic E-state index is 0.0828. The molecule has 2 aromatic heterocycles. The van der Waals surface area contributed by atoms with E-state index in [-0.39, 0.29) is 17.9 Å². The molecule has 7 heteroatoms. The molecule has 1 aromatic carbocycles. The van der Waals surface area contributed by atoms with Crippen LogP contribution in [-0.2, 0) is 16.1 Å². The fourth-order valence-corrected chi connectivity index (χ4v) is 4.62. The van der Waals surface area contributed by atoms with E-state index in [1.165, 1.54) is 16.2 Å². The van der Waals surface area contributed by atoms with E-state index in [4.69, 9.17) is 4.74 Å². The standard InChI is InChI=1S/C26H26N2O4S/c1-2-3-4-15-32-20-9-7-19(8-10-20)24(29)22-23(18-11-13-27-14-12-18)28(26(31)25(22)30)17-21-6-5-16-33-21/h5-14,16,23,29H,2-4,15,17H2,1H3/b24-22-. The summed E-state index contributed by atoms with van der Waals surface area (Å²) < 4.78 is 5.74. The second-order valence-electron chi connectivity index (χ2n) is 7.87. The first-order chi connectivity index (χ1) is 16.1. The van der Waals surface area contributed by atoms with E-state index in [1.807, 2.05) is 17.5 Å². The minimum atomic E-state index is -0.694. The summed E-state index contributed by atoms with van der Waals surface area (Å²) in [6.45, 7) is 3.06. The molecular weight excluding hydrogens is 436 g/mol. The van der Waals surface area contributed by atoms with Crippen molar-refractivity contribution in [3.8, 4) is 5.75 Å². The van der Waals surface area contributed by atoms with Crippen molar-refractivity contribution in [2.75, 3.05) is 6.61 Å². The molecule has 0 saturated carbocycles. The number of hydrogen-bond donors (Lipinski definition) is 1. The van der Waals surface area contributed by atoms with Gasteiger partial charge in [0.15, 0.2) is 0 Å². The van der Waals surface area contributed by atoms with Crippen molar-refractivity contribution in [2.45, 2.75) is 38.8 Å². The predicted octanol–water partition coefficient (Wildman–Crippen LogP) is 5.33. The first kappa shape index (κ1) is 22.7. The molecule has 1 aliphatic rings. The van der Waals surface area contributed by atoms with Crippen LogP contribution < -0.4 is 4.74 Å². The summed E-state index contributed by atoms with van der Waals surface area (Å²) in [5.74, 6) is -0.804. The number of hydrogen-bond acceptors (Lipinski definition) is 6. The lowest BCUT2D eigenvalue weighted by molar-refractivity contribution is -0.140. The van der Waals surface area contributed by atoms with Crippen LogP contribution in [0.15, 0.2) is 71.9 Å². The van der Waals surface area contributed by atoms with E-state index in [9.17, 15) is 14.7 Å². The third-order valence-corrected chi connectivity index (χ3v) is 6.47. The number of benzene rings is 1. The second kappa shape index (κ2) is 10.4. The molecular formula is C26H26N2O4S. The Hall–Kier alpha value is -3.45. The molecule has 0 spiro atoms. The normalized spacial score (nSPS) is 17.5. The fourth-order valence-electron chi connectivity index (χ4n) is 3.91. The summed E-state index contributed by atoms with van der Waals surface area (Å²) in [5, 5.41) is 13.1. The summed E-state index contributed by atoms with van der Waals surface area (Å²) in [5.41, 5.74) is 1.27. The van der Waals surface area contributed by atoms with E-state index in [1.54, 1.807) is 48.8 Å². The van der Waals surface area contributed by atoms with Crippen molar-refractivity contribution in [3.05, 3.63) is 87.9 Å². The number of carbonyl (C=O) groups excluding carboxylic acids is 2. The smallest absolute Gasteiger partial charge is 0.295 e. The summed E-state index contributed by atoms with van der Waals surface area (Å²) in [6, 6.07) is 13.6. The first-order valence-electron chi connectivity index (χ1n) is 11.0. The molecule has 3 heterocycles. The number of aromatic nitrogens is 1. The van der Waals surface area contributed by atoms with Crippen LogP contribution in [0.4, 0.5) is 0 Å². The van der Waals surface area contributed by atoms with E-state index < -0.39 is 17.7 Å². The third kappa shape index (κ3) is 4.98. The quantitative estimate of drug-likeness (QED) is 0.201. The summed E-state index contributed by atoms with van der Waals surface area (Å²) >= 11 is 1.52. The van der Waals surface area contributed by atoms with Crippen molar-refractivity contribution >= 4 is 28.8 Å². The SMILES string of the molecule is CCCCCOc1ccc(/C(O)=C2/C(=O)C(=O)N(Cc3cccs3)C2c2ccncc2)cc1. The van der Waals surface area contributed by atoms with Crippen LogP contribution in [0.25, 0.3) is 5.76 Å². The van der Waals surface area contributed by atoms with Crippen LogP contribution in [-0.4, -0.2) is 33.3 Å². The van der Waals surface area contributed by atoms with Crippen LogP contribution in [0.2, 0.25) is 0 Å². The first-order valence-corrected chi connectivity index (χ1v) is 11.9. The lowest BCUT2D eigenvalue weighted by Crippen LogP contribution is -2.28. The average Bonchev–Trinajstić information content (AvgIpc) is 3.45. The van der Waals surface area contributed by atoms with Gasteiger partial charge in [-0.2, -0.15) is 0 Å². The zero-order valence-corrected chi connectivity index (χ0v) is 19.3. The molecule has 1 fully saturated rings. The van der Waals surface area contributed by atoms with E-state index in [2.05, 4.69) is 11.9 Å². The number of pyridine rings is 1. The van der Waals surface area contributed by atoms with Gasteiger partial charge in [-0.05, 0) is 59.8 Å². The Labute approximate surface area is 197 Å². The Morgan fingerprint density at radius 1 is 1.09 bits per heavy atom. The number of ketones is 1. The van der Waals surface area contributed by atoms with Gasteiger partial charge in [0.1, 0.15) is 11.5 Å². The van der Waals surface area contributed by atoms with E-state index >= 15 is 0 Å². The average molecular weight is 463 g/mol. The largest absolute Gasteiger partial charge is 0.507 e. The predicted molar refractivity (Wildman–Crippen MR) is 128 cm³/mol. The maximum Gasteiger partial charge on any atom is 0.295 e. The van der Waals surface area contributed by atoms with Crippen molar-refractivity contribution in [3.63, 3.8) is 0 Å². The Kier molecular flexibility index (Phi) is 7.19. The summed E-state index contributed by atoms with van der Waals surface area (Å²) in [4.78, 5) is 32.6. The highest BCUT2D eigenvalue weighted by Gasteiger charge is 2.46. The van der Waals surface area contributed by atoms with Crippen LogP contribution in [0, 0.1) is 0 Å². The zero-order valence-electron chi connectivity index (χ0n) is 18.4. The molecule has 0 bridgehead atoms. The maximum absolute atomic E-state index is 13.1. The molecule has 1 unspecified atom stereocenters. The van der Waals surface area contributed by atoms with Crippen molar-refractivity contribution in [2.24, 2.45) is 0 Å². The van der Waals surface area contributed by atoms with Crippen LogP contribution in [0.1, 0.15) is 48.2 Å². The zero-order chi connectivity index (χ0) is 23.2. The molecule has 33 heavy (non-hydrogen) atoms. The van der Waals surface area contributed by atoms with Crippen LogP contribution >= 0.6 is 11.3 Å². The van der Waals surface area contributed by atoms with Crippen LogP contribution in [0.3, 0.4) is 0 Å². The fraction of sp³-hybridized carbons (Fsp3) is 0.269. The molecule has 0 aliphatic carbocycles. The monoisotopic (exact) mass is 462 g/mol. The van der Waals surface area contributed by atoms with Crippen LogP contribution in [0.5, 0.6) is 5.75 Å². The number of carbonyl (C=O) groups is 2. The highest BCUT2D eigenvalue weighted by molar-refractivity contribution is 7.09. The molecule has 1 N–H and O–H groups in total. The van der Waals surface area contributed by atoms with Gasteiger partial charge in [0.25, 0.3) is 11.7 Å². The number of aliphatic hydroxyl groups is 1. The number of likely N-dealkylation sites (tertiary alicyclic amines) is 1. The Balaban J connectivity index is 1.67. The molecule has 3 aromatic rings. The van der Waals surface area contributed by atoms with Gasteiger partial charge in [0.05, 0.1) is 24.8 Å². The number of unbranched alkanes of at least 4 members (excludes halogenated alkanes) is 2. The van der Waals surface area contributed by atoms with Crippen molar-refractivity contribution in [1.29, 1.82) is 0 Å². The van der Waals surface area contributed by atoms with Gasteiger partial charge in [0, 0.05) is 22.8 Å². The summed E-state index contributed by atoms with van der Waals surface area (Å²) in [6.07, 6.45) is 6.45. The van der Waals surface area contributed by atoms with Gasteiger partial charge < -0.3 is 14.7 Å². The lowest BCUT2D eigenvalue weighted by atomic mass is 9.96. The Morgan fingerprint density at radius 2 is 1.85 bits per heavy atom. The molecule has 1 aliphatic heterocycles. The number of aliphatic hydroxyl groups excluding tert-OH is 1. The molecule has 6 nitrogen and oxygen atoms in total. The van der Waals surface area contributed by atoms with E-state index in [0.717, 1.165) is 29.7 Å². The Bertz CT molecular complexity index is 1120. The number of rotatable bonds is 9. The lowest BCUT2D eigenvalue weighted by Gasteiger charge is -2.24. The Morgan fingerprint density at radius 3 is 2.52 bits per heavy atom. The second-order valence-corrected chi connectivity index (χ2v) is 8.90. The molecule has 1 atom stereocenters. The number of amides is 1. The third-order valence-electron chi connectivity index (χ3n) is 5.61. The number of thiophene rings is 1. The van der Waals surface area contributed by atoms with Gasteiger partial charge in [-0.25, -0.2) is 0 Å². The highest BCUT2D eigenvalue weighted by atomic mass is 32.1.